The van der Waals surface area contributed by atoms with Crippen LogP contribution in [0.1, 0.15) is 17.2 Å². The summed E-state index contributed by atoms with van der Waals surface area (Å²) in [6, 6.07) is 14.3. The SMILES string of the molecule is COc1cccc(-c2n[nH]c(=O)c3c2[C@H](c2ccc(Cl)cc2)n2nnnc2N3)c1. The molecule has 0 amide bonds. The standard InChI is InChI=1S/C19H14ClN7O2/c1-29-13-4-2-3-11(9-13)15-14-16(18(28)23-22-15)21-19-24-25-26-27(19)17(14)10-5-7-12(20)8-6-10/h2-9,17H,1H3,(H,23,28)(H,21,24,26)/t17-/m0/s1. The first kappa shape index (κ1) is 17.4. The van der Waals surface area contributed by atoms with E-state index in [1.54, 1.807) is 23.9 Å². The van der Waals surface area contributed by atoms with Gasteiger partial charge in [-0.15, -0.1) is 0 Å². The van der Waals surface area contributed by atoms with Gasteiger partial charge in [0.15, 0.2) is 0 Å². The van der Waals surface area contributed by atoms with E-state index < -0.39 is 6.04 Å². The lowest BCUT2D eigenvalue weighted by atomic mass is 9.92. The maximum absolute atomic E-state index is 12.6. The van der Waals surface area contributed by atoms with Crippen molar-refractivity contribution in [1.29, 1.82) is 0 Å². The third-order valence-electron chi connectivity index (χ3n) is 4.80. The average Bonchev–Trinajstić information content (AvgIpc) is 3.22. The minimum absolute atomic E-state index is 0.347. The number of nitrogens with zero attached hydrogens (tertiary/aromatic N) is 5. The molecule has 9 nitrogen and oxygen atoms in total. The number of nitrogens with one attached hydrogen (secondary N) is 2. The molecule has 0 saturated heterocycles. The van der Waals surface area contributed by atoms with Gasteiger partial charge in [0.25, 0.3) is 5.56 Å². The molecule has 0 radical (unpaired) electrons. The topological polar surface area (TPSA) is 111 Å². The molecule has 10 heteroatoms. The van der Waals surface area contributed by atoms with Gasteiger partial charge < -0.3 is 10.1 Å². The van der Waals surface area contributed by atoms with Gasteiger partial charge in [0.2, 0.25) is 5.95 Å². The van der Waals surface area contributed by atoms with Gasteiger partial charge in [-0.25, -0.2) is 5.10 Å². The Kier molecular flexibility index (Phi) is 4.02. The normalized spacial score (nSPS) is 14.6. The third-order valence-corrected chi connectivity index (χ3v) is 5.05. The van der Waals surface area contributed by atoms with E-state index in [0.29, 0.717) is 33.7 Å². The molecule has 1 atom stereocenters. The molecule has 2 N–H and O–H groups in total. The molecule has 0 fully saturated rings. The van der Waals surface area contributed by atoms with Crippen LogP contribution in [0.4, 0.5) is 11.6 Å². The maximum atomic E-state index is 12.6. The molecule has 2 aromatic heterocycles. The molecule has 0 bridgehead atoms. The van der Waals surface area contributed by atoms with Crippen molar-refractivity contribution in [3.8, 4) is 17.0 Å². The van der Waals surface area contributed by atoms with Crippen LogP contribution in [0.2, 0.25) is 5.02 Å². The van der Waals surface area contributed by atoms with Crippen molar-refractivity contribution in [2.75, 3.05) is 12.4 Å². The number of ether oxygens (including phenoxy) is 1. The monoisotopic (exact) mass is 407 g/mol. The van der Waals surface area contributed by atoms with Gasteiger partial charge in [0, 0.05) is 16.1 Å². The van der Waals surface area contributed by atoms with E-state index in [-0.39, 0.29) is 5.56 Å². The van der Waals surface area contributed by atoms with Gasteiger partial charge in [-0.3, -0.25) is 4.79 Å². The van der Waals surface area contributed by atoms with E-state index in [4.69, 9.17) is 16.3 Å². The quantitative estimate of drug-likeness (QED) is 0.473. The van der Waals surface area contributed by atoms with E-state index in [2.05, 4.69) is 31.0 Å². The number of hydrogen-bond donors (Lipinski definition) is 2. The molecule has 2 aromatic carbocycles. The zero-order valence-corrected chi connectivity index (χ0v) is 15.9. The molecular weight excluding hydrogens is 394 g/mol. The molecule has 1 aliphatic rings. The Bertz CT molecular complexity index is 1270. The molecule has 4 aromatic rings. The molecule has 0 unspecified atom stereocenters. The van der Waals surface area contributed by atoms with Gasteiger partial charge in [-0.1, -0.05) is 41.0 Å². The molecule has 29 heavy (non-hydrogen) atoms. The molecule has 0 saturated carbocycles. The number of halogens is 1. The Hall–Kier alpha value is -3.72. The number of benzene rings is 2. The molecule has 3 heterocycles. The van der Waals surface area contributed by atoms with Crippen molar-refractivity contribution in [3.63, 3.8) is 0 Å². The largest absolute Gasteiger partial charge is 0.497 e. The number of aromatic amines is 1. The van der Waals surface area contributed by atoms with Crippen LogP contribution in [0.3, 0.4) is 0 Å². The maximum Gasteiger partial charge on any atom is 0.288 e. The minimum Gasteiger partial charge on any atom is -0.497 e. The van der Waals surface area contributed by atoms with Gasteiger partial charge in [-0.2, -0.15) is 9.78 Å². The summed E-state index contributed by atoms with van der Waals surface area (Å²) in [6.45, 7) is 0. The summed E-state index contributed by atoms with van der Waals surface area (Å²) >= 11 is 6.07. The van der Waals surface area contributed by atoms with Crippen LogP contribution < -0.4 is 15.6 Å². The summed E-state index contributed by atoms with van der Waals surface area (Å²) in [5.41, 5.74) is 2.88. The highest BCUT2D eigenvalue weighted by Gasteiger charge is 2.34. The second-order valence-corrected chi connectivity index (χ2v) is 6.88. The van der Waals surface area contributed by atoms with Crippen molar-refractivity contribution in [2.24, 2.45) is 0 Å². The second kappa shape index (κ2) is 6.71. The minimum atomic E-state index is -0.468. The predicted octanol–water partition coefficient (Wildman–Crippen LogP) is 2.78. The fourth-order valence-corrected chi connectivity index (χ4v) is 3.61. The lowest BCUT2D eigenvalue weighted by Gasteiger charge is -2.27. The van der Waals surface area contributed by atoms with Gasteiger partial charge in [0.1, 0.15) is 17.5 Å². The van der Waals surface area contributed by atoms with Crippen molar-refractivity contribution in [3.05, 3.63) is 75.0 Å². The molecule has 1 aliphatic heterocycles. The van der Waals surface area contributed by atoms with Crippen LogP contribution >= 0.6 is 11.6 Å². The third kappa shape index (κ3) is 2.83. The number of tetrazole rings is 1. The van der Waals surface area contributed by atoms with E-state index in [9.17, 15) is 4.79 Å². The van der Waals surface area contributed by atoms with Crippen molar-refractivity contribution in [2.45, 2.75) is 6.04 Å². The lowest BCUT2D eigenvalue weighted by Crippen LogP contribution is -2.29. The first-order valence-corrected chi connectivity index (χ1v) is 9.11. The van der Waals surface area contributed by atoms with Crippen LogP contribution in [0.15, 0.2) is 53.3 Å². The summed E-state index contributed by atoms with van der Waals surface area (Å²) in [5, 5.41) is 22.4. The smallest absolute Gasteiger partial charge is 0.288 e. The summed E-state index contributed by atoms with van der Waals surface area (Å²) in [4.78, 5) is 12.6. The molecule has 0 spiro atoms. The van der Waals surface area contributed by atoms with Gasteiger partial charge >= 0.3 is 0 Å². The Labute approximate surface area is 169 Å². The number of H-pyrrole nitrogens is 1. The van der Waals surface area contributed by atoms with Crippen molar-refractivity contribution in [1.82, 2.24) is 30.4 Å². The Balaban J connectivity index is 1.80. The highest BCUT2D eigenvalue weighted by atomic mass is 35.5. The number of aromatic nitrogens is 6. The fourth-order valence-electron chi connectivity index (χ4n) is 3.48. The predicted molar refractivity (Wildman–Crippen MR) is 107 cm³/mol. The highest BCUT2D eigenvalue weighted by molar-refractivity contribution is 6.30. The van der Waals surface area contributed by atoms with Crippen LogP contribution in [-0.2, 0) is 0 Å². The summed E-state index contributed by atoms with van der Waals surface area (Å²) in [5.74, 6) is 1.05. The Morgan fingerprint density at radius 3 is 2.79 bits per heavy atom. The van der Waals surface area contributed by atoms with Crippen molar-refractivity contribution >= 4 is 23.2 Å². The second-order valence-electron chi connectivity index (χ2n) is 6.45. The fraction of sp³-hybridized carbons (Fsp3) is 0.105. The van der Waals surface area contributed by atoms with Crippen LogP contribution in [0.5, 0.6) is 5.75 Å². The zero-order valence-electron chi connectivity index (χ0n) is 15.1. The first-order valence-electron chi connectivity index (χ1n) is 8.73. The molecule has 0 aliphatic carbocycles. The summed E-state index contributed by atoms with van der Waals surface area (Å²) in [6.07, 6.45) is 0. The van der Waals surface area contributed by atoms with Crippen LogP contribution in [-0.4, -0.2) is 37.5 Å². The van der Waals surface area contributed by atoms with E-state index >= 15 is 0 Å². The first-order chi connectivity index (χ1) is 14.2. The number of fused-ring (bicyclic) bond motifs is 2. The summed E-state index contributed by atoms with van der Waals surface area (Å²) in [7, 11) is 1.60. The van der Waals surface area contributed by atoms with Crippen molar-refractivity contribution < 1.29 is 4.74 Å². The average molecular weight is 408 g/mol. The number of methoxy groups -OCH3 is 1. The van der Waals surface area contributed by atoms with Crippen LogP contribution in [0, 0.1) is 0 Å². The number of anilines is 2. The molecule has 144 valence electrons. The van der Waals surface area contributed by atoms with E-state index in [1.165, 1.54) is 0 Å². The Morgan fingerprint density at radius 1 is 1.17 bits per heavy atom. The van der Waals surface area contributed by atoms with Crippen LogP contribution in [0.25, 0.3) is 11.3 Å². The zero-order chi connectivity index (χ0) is 20.0. The number of hydrogen-bond acceptors (Lipinski definition) is 7. The highest BCUT2D eigenvalue weighted by Crippen LogP contribution is 2.41. The lowest BCUT2D eigenvalue weighted by molar-refractivity contribution is 0.415. The van der Waals surface area contributed by atoms with Gasteiger partial charge in [-0.05, 0) is 40.3 Å². The Morgan fingerprint density at radius 2 is 2.00 bits per heavy atom. The van der Waals surface area contributed by atoms with Gasteiger partial charge in [0.05, 0.1) is 12.8 Å². The van der Waals surface area contributed by atoms with E-state index in [1.807, 2.05) is 36.4 Å². The van der Waals surface area contributed by atoms with E-state index in [0.717, 1.165) is 11.1 Å². The molecular formula is C19H14ClN7O2. The summed E-state index contributed by atoms with van der Waals surface area (Å²) < 4.78 is 6.97. The molecule has 5 rings (SSSR count). The number of rotatable bonds is 3.